The van der Waals surface area contributed by atoms with E-state index >= 15 is 8.78 Å². The zero-order valence-corrected chi connectivity index (χ0v) is 28.0. The predicted octanol–water partition coefficient (Wildman–Crippen LogP) is 8.84. The molecule has 0 aliphatic heterocycles. The molecule has 14 heteroatoms. The van der Waals surface area contributed by atoms with Crippen LogP contribution in [0, 0.1) is 17.5 Å². The number of thioether (sulfide) groups is 1. The number of imidazole rings is 1. The van der Waals surface area contributed by atoms with Crippen molar-refractivity contribution >= 4 is 29.3 Å². The smallest absolute Gasteiger partial charge is 0.490 e. The fourth-order valence-corrected chi connectivity index (χ4v) is 6.69. The van der Waals surface area contributed by atoms with Crippen molar-refractivity contribution in [1.82, 2.24) is 14.5 Å². The third-order valence-electron chi connectivity index (χ3n) is 7.72. The molecule has 1 aromatic heterocycles. The van der Waals surface area contributed by atoms with Gasteiger partial charge in [-0.3, -0.25) is 4.57 Å². The normalized spacial score (nSPS) is 14.4. The van der Waals surface area contributed by atoms with Crippen LogP contribution in [0.4, 0.5) is 26.3 Å². The van der Waals surface area contributed by atoms with Gasteiger partial charge in [0.1, 0.15) is 23.2 Å². The fourth-order valence-electron chi connectivity index (χ4n) is 5.43. The van der Waals surface area contributed by atoms with Crippen molar-refractivity contribution < 1.29 is 41.0 Å². The molecule has 0 saturated carbocycles. The van der Waals surface area contributed by atoms with Gasteiger partial charge in [0.25, 0.3) is 0 Å². The number of aromatic nitrogens is 2. The van der Waals surface area contributed by atoms with Crippen LogP contribution in [0.5, 0.6) is 5.75 Å². The van der Waals surface area contributed by atoms with Crippen LogP contribution >= 0.6 is 23.4 Å². The van der Waals surface area contributed by atoms with E-state index in [-0.39, 0.29) is 23.1 Å². The highest BCUT2D eigenvalue weighted by Gasteiger charge is 2.38. The van der Waals surface area contributed by atoms with E-state index in [2.05, 4.69) is 4.90 Å². The van der Waals surface area contributed by atoms with Crippen LogP contribution in [-0.2, 0) is 23.4 Å². The molecule has 6 nitrogen and oxygen atoms in total. The molecule has 0 amide bonds. The van der Waals surface area contributed by atoms with Gasteiger partial charge in [-0.05, 0) is 112 Å². The number of aryl methyl sites for hydroxylation is 2. The first-order valence-corrected chi connectivity index (χ1v) is 16.3. The summed E-state index contributed by atoms with van der Waals surface area (Å²) in [6.45, 7) is 0.849. The average Bonchev–Trinajstić information content (AvgIpc) is 3.39. The zero-order valence-electron chi connectivity index (χ0n) is 26.4. The summed E-state index contributed by atoms with van der Waals surface area (Å²) in [5.74, 6) is -3.53. The Labute approximate surface area is 283 Å². The Morgan fingerprint density at radius 2 is 1.73 bits per heavy atom. The standard InChI is InChI=1S/C32H33ClF3N3OS.C2HF3O2/c1-38(2)15-5-6-20-16-27(35)25(28(36)17-20)19-41-32-37-29-8-4-7-24(21-9-14-26(33)30(18-21)40-3)31(29)39(32)23-12-10-22(34)11-13-23;3-2(4,5)1(6)7/h9-14,16-18,24H,4-8,15,19H2,1-3H3;(H,6,7). The number of carbonyl (C=O) groups is 1. The lowest BCUT2D eigenvalue weighted by Gasteiger charge is -2.26. The van der Waals surface area contributed by atoms with Gasteiger partial charge >= 0.3 is 12.1 Å². The Morgan fingerprint density at radius 3 is 2.31 bits per heavy atom. The van der Waals surface area contributed by atoms with Gasteiger partial charge in [-0.15, -0.1) is 0 Å². The number of alkyl halides is 3. The number of halogens is 7. The number of hydrogen-bond acceptors (Lipinski definition) is 5. The quantitative estimate of drug-likeness (QED) is 0.131. The molecule has 0 bridgehead atoms. The number of benzene rings is 3. The summed E-state index contributed by atoms with van der Waals surface area (Å²) in [5.41, 5.74) is 4.38. The highest BCUT2D eigenvalue weighted by atomic mass is 35.5. The van der Waals surface area contributed by atoms with E-state index in [1.165, 1.54) is 36.0 Å². The van der Waals surface area contributed by atoms with E-state index in [1.54, 1.807) is 19.2 Å². The lowest BCUT2D eigenvalue weighted by Crippen LogP contribution is -2.21. The summed E-state index contributed by atoms with van der Waals surface area (Å²) in [6, 6.07) is 14.9. The van der Waals surface area contributed by atoms with Crippen LogP contribution in [0.2, 0.25) is 5.02 Å². The molecule has 1 atom stereocenters. The van der Waals surface area contributed by atoms with Gasteiger partial charge < -0.3 is 14.7 Å². The van der Waals surface area contributed by atoms with Crippen molar-refractivity contribution in [1.29, 1.82) is 0 Å². The minimum absolute atomic E-state index is 0.00765. The molecule has 1 aliphatic carbocycles. The van der Waals surface area contributed by atoms with Crippen LogP contribution in [0.3, 0.4) is 0 Å². The second-order valence-electron chi connectivity index (χ2n) is 11.4. The zero-order chi connectivity index (χ0) is 35.2. The number of methoxy groups -OCH3 is 1. The average molecular weight is 714 g/mol. The van der Waals surface area contributed by atoms with Crippen LogP contribution in [0.25, 0.3) is 5.69 Å². The van der Waals surface area contributed by atoms with Crippen molar-refractivity contribution in [2.24, 2.45) is 0 Å². The molecule has 0 spiro atoms. The Bertz CT molecular complexity index is 1710. The van der Waals surface area contributed by atoms with Crippen molar-refractivity contribution in [3.8, 4) is 11.4 Å². The topological polar surface area (TPSA) is 67.6 Å². The first kappa shape index (κ1) is 37.1. The van der Waals surface area contributed by atoms with Crippen molar-refractivity contribution in [2.75, 3.05) is 27.7 Å². The maximum atomic E-state index is 15.1. The summed E-state index contributed by atoms with van der Waals surface area (Å²) in [6.07, 6.45) is -1.05. The number of nitrogens with zero attached hydrogens (tertiary/aromatic N) is 3. The maximum Gasteiger partial charge on any atom is 0.490 e. The third-order valence-corrected chi connectivity index (χ3v) is 8.99. The molecule has 1 heterocycles. The summed E-state index contributed by atoms with van der Waals surface area (Å²) < 4.78 is 83.4. The van der Waals surface area contributed by atoms with E-state index in [1.807, 2.05) is 36.9 Å². The number of carboxylic acids is 1. The lowest BCUT2D eigenvalue weighted by atomic mass is 9.84. The van der Waals surface area contributed by atoms with Crippen LogP contribution in [0.1, 0.15) is 53.3 Å². The molecule has 4 aromatic rings. The van der Waals surface area contributed by atoms with Gasteiger partial charge in [-0.25, -0.2) is 22.9 Å². The summed E-state index contributed by atoms with van der Waals surface area (Å²) in [4.78, 5) is 15.9. The van der Waals surface area contributed by atoms with Gasteiger partial charge in [0.05, 0.1) is 23.5 Å². The lowest BCUT2D eigenvalue weighted by molar-refractivity contribution is -0.192. The van der Waals surface area contributed by atoms with Crippen molar-refractivity contribution in [2.45, 2.75) is 55.1 Å². The van der Waals surface area contributed by atoms with E-state index < -0.39 is 23.8 Å². The Morgan fingerprint density at radius 1 is 1.08 bits per heavy atom. The molecule has 0 radical (unpaired) electrons. The SMILES string of the molecule is COc1cc(C2CCCc3nc(SCc4c(F)cc(CCCN(C)C)cc4F)n(-c4ccc(F)cc4)c32)ccc1Cl.O=C(O)C(F)(F)F. The number of aliphatic carboxylic acids is 1. The Hall–Kier alpha value is -3.68. The predicted molar refractivity (Wildman–Crippen MR) is 173 cm³/mol. The first-order chi connectivity index (χ1) is 22.7. The molecular formula is C34H34ClF6N3O3S. The Balaban J connectivity index is 0.000000671. The van der Waals surface area contributed by atoms with Gasteiger partial charge in [0.2, 0.25) is 0 Å². The molecule has 48 heavy (non-hydrogen) atoms. The number of hydrogen-bond donors (Lipinski definition) is 1. The molecule has 3 aromatic carbocycles. The molecule has 0 saturated heterocycles. The maximum absolute atomic E-state index is 15.1. The molecular weight excluding hydrogens is 680 g/mol. The molecule has 1 aliphatic rings. The second-order valence-corrected chi connectivity index (χ2v) is 12.8. The van der Waals surface area contributed by atoms with E-state index in [0.29, 0.717) is 27.9 Å². The van der Waals surface area contributed by atoms with Gasteiger partial charge in [-0.1, -0.05) is 29.4 Å². The molecule has 1 unspecified atom stereocenters. The highest BCUT2D eigenvalue weighted by molar-refractivity contribution is 7.98. The summed E-state index contributed by atoms with van der Waals surface area (Å²) >= 11 is 7.59. The first-order valence-electron chi connectivity index (χ1n) is 14.9. The molecule has 258 valence electrons. The number of ether oxygens (including phenoxy) is 1. The van der Waals surface area contributed by atoms with Gasteiger partial charge in [0.15, 0.2) is 5.16 Å². The highest BCUT2D eigenvalue weighted by Crippen LogP contribution is 2.43. The van der Waals surface area contributed by atoms with E-state index in [4.69, 9.17) is 31.2 Å². The van der Waals surface area contributed by atoms with E-state index in [0.717, 1.165) is 54.9 Å². The van der Waals surface area contributed by atoms with Crippen molar-refractivity contribution in [3.63, 3.8) is 0 Å². The summed E-state index contributed by atoms with van der Waals surface area (Å²) in [5, 5.41) is 8.27. The van der Waals surface area contributed by atoms with Crippen molar-refractivity contribution in [3.05, 3.63) is 105 Å². The van der Waals surface area contributed by atoms with Gasteiger partial charge in [0, 0.05) is 22.9 Å². The summed E-state index contributed by atoms with van der Waals surface area (Å²) in [7, 11) is 5.54. The van der Waals surface area contributed by atoms with Gasteiger partial charge in [-0.2, -0.15) is 13.2 Å². The second kappa shape index (κ2) is 16.1. The van der Waals surface area contributed by atoms with Crippen LogP contribution in [0.15, 0.2) is 59.8 Å². The molecule has 1 N–H and O–H groups in total. The number of fused-ring (bicyclic) bond motifs is 1. The minimum Gasteiger partial charge on any atom is -0.495 e. The largest absolute Gasteiger partial charge is 0.495 e. The third kappa shape index (κ3) is 9.26. The number of rotatable bonds is 10. The number of carboxylic acid groups (broad SMARTS) is 1. The van der Waals surface area contributed by atoms with Crippen LogP contribution < -0.4 is 4.74 Å². The Kier molecular flexibility index (Phi) is 12.5. The fraction of sp³-hybridized carbons (Fsp3) is 0.353. The van der Waals surface area contributed by atoms with E-state index in [9.17, 15) is 17.6 Å². The molecule has 5 rings (SSSR count). The molecule has 0 fully saturated rings. The van der Waals surface area contributed by atoms with Crippen LogP contribution in [-0.4, -0.2) is 59.5 Å². The monoisotopic (exact) mass is 713 g/mol. The minimum atomic E-state index is -5.08.